The molecule has 0 aliphatic carbocycles. The van der Waals surface area contributed by atoms with Crippen LogP contribution in [0.5, 0.6) is 0 Å². The molecule has 0 unspecified atom stereocenters. The maximum Gasteiger partial charge on any atom is 0.261 e. The summed E-state index contributed by atoms with van der Waals surface area (Å²) in [4.78, 5) is 30.0. The first-order valence-corrected chi connectivity index (χ1v) is 10.6. The van der Waals surface area contributed by atoms with Crippen molar-refractivity contribution in [2.75, 3.05) is 19.6 Å². The van der Waals surface area contributed by atoms with Crippen LogP contribution in [0.1, 0.15) is 34.5 Å². The van der Waals surface area contributed by atoms with Gasteiger partial charge in [0.15, 0.2) is 0 Å². The second kappa shape index (κ2) is 8.61. The Morgan fingerprint density at radius 3 is 2.93 bits per heavy atom. The molecule has 0 spiro atoms. The molecule has 4 rings (SSSR count). The van der Waals surface area contributed by atoms with Gasteiger partial charge in [0.25, 0.3) is 5.91 Å². The molecule has 0 radical (unpaired) electrons. The second-order valence-corrected chi connectivity index (χ2v) is 8.00. The summed E-state index contributed by atoms with van der Waals surface area (Å²) in [5, 5.41) is 5.71. The monoisotopic (exact) mass is 411 g/mol. The second-order valence-electron chi connectivity index (χ2n) is 7.05. The van der Waals surface area contributed by atoms with Crippen molar-refractivity contribution in [1.82, 2.24) is 15.2 Å². The van der Waals surface area contributed by atoms with Crippen molar-refractivity contribution in [1.29, 1.82) is 0 Å². The van der Waals surface area contributed by atoms with E-state index in [1.54, 1.807) is 12.1 Å². The summed E-state index contributed by atoms with van der Waals surface area (Å²) in [6, 6.07) is 8.38. The molecule has 7 heteroatoms. The molecule has 29 heavy (non-hydrogen) atoms. The highest BCUT2D eigenvalue weighted by atomic mass is 32.1. The molecule has 5 nitrogen and oxygen atoms in total. The Morgan fingerprint density at radius 1 is 1.28 bits per heavy atom. The van der Waals surface area contributed by atoms with Gasteiger partial charge in [0.1, 0.15) is 5.82 Å². The summed E-state index contributed by atoms with van der Waals surface area (Å²) >= 11 is 1.40. The van der Waals surface area contributed by atoms with Gasteiger partial charge in [-0.05, 0) is 48.1 Å². The van der Waals surface area contributed by atoms with E-state index >= 15 is 0 Å². The van der Waals surface area contributed by atoms with Crippen LogP contribution in [0.2, 0.25) is 0 Å². The minimum atomic E-state index is -0.258. The number of rotatable bonds is 6. The number of nitrogens with zero attached hydrogens (tertiary/aromatic N) is 1. The van der Waals surface area contributed by atoms with Crippen LogP contribution in [-0.4, -0.2) is 41.3 Å². The summed E-state index contributed by atoms with van der Waals surface area (Å²) in [5.41, 5.74) is 3.03. The Kier molecular flexibility index (Phi) is 5.76. The quantitative estimate of drug-likeness (QED) is 0.597. The number of benzene rings is 1. The first-order valence-electron chi connectivity index (χ1n) is 9.67. The predicted octanol–water partition coefficient (Wildman–Crippen LogP) is 4.19. The van der Waals surface area contributed by atoms with E-state index in [4.69, 9.17) is 0 Å². The number of aromatic nitrogens is 1. The van der Waals surface area contributed by atoms with E-state index in [-0.39, 0.29) is 17.6 Å². The molecular formula is C22H22FN3O2S. The molecule has 0 bridgehead atoms. The fraction of sp³-hybridized carbons (Fsp3) is 0.273. The van der Waals surface area contributed by atoms with Gasteiger partial charge in [-0.1, -0.05) is 12.1 Å². The van der Waals surface area contributed by atoms with Gasteiger partial charge in [-0.15, -0.1) is 11.3 Å². The Hall–Kier alpha value is -2.93. The molecule has 3 aromatic rings. The standard InChI is InChI=1S/C22H22FN3O2S/c23-16-5-6-17-18(14-25-19(17)13-16)15-7-10-26(11-8-15)21(27)4-1-9-24-22(28)20-3-2-12-29-20/h2-3,5-7,12-14,25H,1,4,8-11H2,(H,24,28). The highest BCUT2D eigenvalue weighted by Gasteiger charge is 2.19. The smallest absolute Gasteiger partial charge is 0.261 e. The number of carbonyl (C=O) groups is 2. The lowest BCUT2D eigenvalue weighted by Gasteiger charge is -2.26. The number of carbonyl (C=O) groups excluding carboxylic acids is 2. The van der Waals surface area contributed by atoms with Crippen LogP contribution in [0.25, 0.3) is 16.5 Å². The molecule has 0 saturated carbocycles. The van der Waals surface area contributed by atoms with E-state index in [1.165, 1.54) is 29.0 Å². The van der Waals surface area contributed by atoms with Gasteiger partial charge in [0, 0.05) is 48.7 Å². The van der Waals surface area contributed by atoms with E-state index in [1.807, 2.05) is 22.5 Å². The minimum absolute atomic E-state index is 0.0865. The number of amides is 2. The van der Waals surface area contributed by atoms with Crippen molar-refractivity contribution in [3.05, 3.63) is 64.2 Å². The number of halogens is 1. The highest BCUT2D eigenvalue weighted by molar-refractivity contribution is 7.12. The third kappa shape index (κ3) is 4.40. The lowest BCUT2D eigenvalue weighted by molar-refractivity contribution is -0.130. The minimum Gasteiger partial charge on any atom is -0.360 e. The molecule has 1 aromatic carbocycles. The lowest BCUT2D eigenvalue weighted by atomic mass is 9.98. The molecule has 1 aliphatic rings. The van der Waals surface area contributed by atoms with E-state index in [0.29, 0.717) is 37.4 Å². The van der Waals surface area contributed by atoms with Gasteiger partial charge in [-0.2, -0.15) is 0 Å². The van der Waals surface area contributed by atoms with Crippen molar-refractivity contribution in [2.45, 2.75) is 19.3 Å². The van der Waals surface area contributed by atoms with Gasteiger partial charge < -0.3 is 15.2 Å². The van der Waals surface area contributed by atoms with Gasteiger partial charge in [0.2, 0.25) is 5.91 Å². The summed E-state index contributed by atoms with van der Waals surface area (Å²) in [6.45, 7) is 1.73. The van der Waals surface area contributed by atoms with Crippen LogP contribution >= 0.6 is 11.3 Å². The zero-order chi connectivity index (χ0) is 20.2. The third-order valence-electron chi connectivity index (χ3n) is 5.15. The Labute approximate surface area is 172 Å². The van der Waals surface area contributed by atoms with E-state index in [9.17, 15) is 14.0 Å². The zero-order valence-corrected chi connectivity index (χ0v) is 16.7. The maximum atomic E-state index is 13.4. The van der Waals surface area contributed by atoms with Crippen LogP contribution in [0.4, 0.5) is 4.39 Å². The number of H-pyrrole nitrogens is 1. The van der Waals surface area contributed by atoms with Crippen LogP contribution < -0.4 is 5.32 Å². The summed E-state index contributed by atoms with van der Waals surface area (Å²) < 4.78 is 13.4. The van der Waals surface area contributed by atoms with Gasteiger partial charge in [0.05, 0.1) is 4.88 Å². The highest BCUT2D eigenvalue weighted by Crippen LogP contribution is 2.29. The molecule has 2 amide bonds. The van der Waals surface area contributed by atoms with Crippen LogP contribution in [-0.2, 0) is 4.79 Å². The van der Waals surface area contributed by atoms with Gasteiger partial charge >= 0.3 is 0 Å². The summed E-state index contributed by atoms with van der Waals surface area (Å²) in [7, 11) is 0. The number of hydrogen-bond donors (Lipinski definition) is 2. The molecule has 0 fully saturated rings. The van der Waals surface area contributed by atoms with Gasteiger partial charge in [-0.3, -0.25) is 9.59 Å². The molecule has 0 atom stereocenters. The SMILES string of the molecule is O=C(NCCCC(=O)N1CC=C(c2c[nH]c3cc(F)ccc23)CC1)c1cccs1. The Balaban J connectivity index is 1.27. The third-order valence-corrected chi connectivity index (χ3v) is 6.02. The van der Waals surface area contributed by atoms with Crippen LogP contribution in [0.3, 0.4) is 0 Å². The van der Waals surface area contributed by atoms with Crippen molar-refractivity contribution in [2.24, 2.45) is 0 Å². The van der Waals surface area contributed by atoms with Gasteiger partial charge in [-0.25, -0.2) is 4.39 Å². The predicted molar refractivity (Wildman–Crippen MR) is 113 cm³/mol. The number of hydrogen-bond acceptors (Lipinski definition) is 3. The van der Waals surface area contributed by atoms with Crippen molar-refractivity contribution in [3.63, 3.8) is 0 Å². The number of nitrogens with one attached hydrogen (secondary N) is 2. The van der Waals surface area contributed by atoms with Crippen molar-refractivity contribution < 1.29 is 14.0 Å². The molecule has 0 saturated heterocycles. The number of fused-ring (bicyclic) bond motifs is 1. The molecule has 2 aromatic heterocycles. The normalized spacial score (nSPS) is 14.1. The molecule has 150 valence electrons. The molecule has 2 N–H and O–H groups in total. The Morgan fingerprint density at radius 2 is 2.17 bits per heavy atom. The zero-order valence-electron chi connectivity index (χ0n) is 15.9. The van der Waals surface area contributed by atoms with Crippen molar-refractivity contribution in [3.8, 4) is 0 Å². The maximum absolute atomic E-state index is 13.4. The molecular weight excluding hydrogens is 389 g/mol. The largest absolute Gasteiger partial charge is 0.360 e. The number of aromatic amines is 1. The molecule has 1 aliphatic heterocycles. The average molecular weight is 412 g/mol. The first kappa shape index (κ1) is 19.4. The first-order chi connectivity index (χ1) is 14.1. The van der Waals surface area contributed by atoms with E-state index in [0.717, 1.165) is 22.9 Å². The Bertz CT molecular complexity index is 1060. The fourth-order valence-electron chi connectivity index (χ4n) is 3.60. The van der Waals surface area contributed by atoms with Crippen molar-refractivity contribution >= 4 is 39.6 Å². The topological polar surface area (TPSA) is 65.2 Å². The van der Waals surface area contributed by atoms with Crippen LogP contribution in [0.15, 0.2) is 48.0 Å². The number of thiophene rings is 1. The summed E-state index contributed by atoms with van der Waals surface area (Å²) in [5.74, 6) is -0.241. The van der Waals surface area contributed by atoms with E-state index in [2.05, 4.69) is 16.4 Å². The summed E-state index contributed by atoms with van der Waals surface area (Å²) in [6.07, 6.45) is 5.79. The average Bonchev–Trinajstić information content (AvgIpc) is 3.41. The van der Waals surface area contributed by atoms with E-state index < -0.39 is 0 Å². The molecule has 3 heterocycles. The lowest BCUT2D eigenvalue weighted by Crippen LogP contribution is -2.35. The fourth-order valence-corrected chi connectivity index (χ4v) is 4.24. The van der Waals surface area contributed by atoms with Crippen LogP contribution in [0, 0.1) is 5.82 Å².